The van der Waals surface area contributed by atoms with E-state index in [1.54, 1.807) is 30.0 Å². The van der Waals surface area contributed by atoms with Gasteiger partial charge in [0.05, 0.1) is 5.69 Å². The highest BCUT2D eigenvalue weighted by Crippen LogP contribution is 2.23. The zero-order chi connectivity index (χ0) is 13.8. The second-order valence-corrected chi connectivity index (χ2v) is 5.79. The van der Waals surface area contributed by atoms with Crippen molar-refractivity contribution in [3.63, 3.8) is 0 Å². The first-order valence-corrected chi connectivity index (χ1v) is 7.39. The molecule has 0 aliphatic heterocycles. The molecule has 1 nitrogen and oxygen atoms in total. The fraction of sp³-hybridized carbons (Fsp3) is 0.250. The van der Waals surface area contributed by atoms with Gasteiger partial charge in [0.1, 0.15) is 5.82 Å². The van der Waals surface area contributed by atoms with E-state index in [9.17, 15) is 4.39 Å². The molecule has 0 radical (unpaired) electrons. The van der Waals surface area contributed by atoms with Gasteiger partial charge in [0, 0.05) is 11.5 Å². The number of nitrogens with two attached hydrogens (primary N) is 1. The van der Waals surface area contributed by atoms with Crippen LogP contribution in [-0.2, 0) is 11.5 Å². The molecule has 2 N–H and O–H groups in total. The van der Waals surface area contributed by atoms with Crippen molar-refractivity contribution in [3.8, 4) is 0 Å². The zero-order valence-electron chi connectivity index (χ0n) is 11.2. The topological polar surface area (TPSA) is 26.0 Å². The molecule has 2 rings (SSSR count). The zero-order valence-corrected chi connectivity index (χ0v) is 12.1. The number of benzene rings is 2. The second kappa shape index (κ2) is 6.11. The largest absolute Gasteiger partial charge is 0.396 e. The maximum atomic E-state index is 13.7. The first-order valence-electron chi connectivity index (χ1n) is 6.24. The molecule has 0 aromatic heterocycles. The van der Waals surface area contributed by atoms with Crippen LogP contribution in [0.5, 0.6) is 0 Å². The van der Waals surface area contributed by atoms with Crippen LogP contribution in [0.1, 0.15) is 22.3 Å². The molecular formula is C16H18FNS. The van der Waals surface area contributed by atoms with E-state index in [-0.39, 0.29) is 11.5 Å². The van der Waals surface area contributed by atoms with Gasteiger partial charge in [-0.3, -0.25) is 0 Å². The van der Waals surface area contributed by atoms with Crippen molar-refractivity contribution in [1.29, 1.82) is 0 Å². The summed E-state index contributed by atoms with van der Waals surface area (Å²) in [5.74, 6) is 1.25. The Bertz CT molecular complexity index is 561. The monoisotopic (exact) mass is 275 g/mol. The molecule has 100 valence electrons. The molecule has 0 spiro atoms. The van der Waals surface area contributed by atoms with Gasteiger partial charge in [-0.2, -0.15) is 11.8 Å². The van der Waals surface area contributed by atoms with E-state index in [1.165, 1.54) is 16.7 Å². The van der Waals surface area contributed by atoms with Crippen LogP contribution in [0, 0.1) is 19.7 Å². The molecule has 0 unspecified atom stereocenters. The third kappa shape index (κ3) is 3.74. The molecule has 0 aliphatic rings. The van der Waals surface area contributed by atoms with Crippen LogP contribution in [0.15, 0.2) is 36.4 Å². The summed E-state index contributed by atoms with van der Waals surface area (Å²) in [6.07, 6.45) is 0. The molecule has 0 heterocycles. The lowest BCUT2D eigenvalue weighted by atomic mass is 10.1. The third-order valence-corrected chi connectivity index (χ3v) is 3.97. The number of thioether (sulfide) groups is 1. The SMILES string of the molecule is Cc1cc(C)cc(CSCc2cccc(N)c2F)c1. The van der Waals surface area contributed by atoms with E-state index in [4.69, 9.17) is 5.73 Å². The Morgan fingerprint density at radius 1 is 1.05 bits per heavy atom. The third-order valence-electron chi connectivity index (χ3n) is 2.92. The minimum Gasteiger partial charge on any atom is -0.396 e. The van der Waals surface area contributed by atoms with Crippen molar-refractivity contribution in [1.82, 2.24) is 0 Å². The number of halogens is 1. The van der Waals surface area contributed by atoms with Gasteiger partial charge in [-0.1, -0.05) is 41.5 Å². The average Bonchev–Trinajstić information content (AvgIpc) is 2.33. The normalized spacial score (nSPS) is 10.7. The highest BCUT2D eigenvalue weighted by atomic mass is 32.2. The van der Waals surface area contributed by atoms with Crippen LogP contribution >= 0.6 is 11.8 Å². The van der Waals surface area contributed by atoms with Gasteiger partial charge in [0.2, 0.25) is 0 Å². The van der Waals surface area contributed by atoms with Gasteiger partial charge in [0.25, 0.3) is 0 Å². The molecule has 2 aromatic carbocycles. The van der Waals surface area contributed by atoms with Crippen LogP contribution in [0.3, 0.4) is 0 Å². The number of rotatable bonds is 4. The molecule has 0 saturated carbocycles. The van der Waals surface area contributed by atoms with Crippen molar-refractivity contribution in [2.24, 2.45) is 0 Å². The summed E-state index contributed by atoms with van der Waals surface area (Å²) in [4.78, 5) is 0. The van der Waals surface area contributed by atoms with Crippen LogP contribution in [0.2, 0.25) is 0 Å². The van der Waals surface area contributed by atoms with Crippen molar-refractivity contribution >= 4 is 17.4 Å². The Balaban J connectivity index is 1.98. The van der Waals surface area contributed by atoms with Gasteiger partial charge < -0.3 is 5.73 Å². The van der Waals surface area contributed by atoms with Crippen LogP contribution in [0.25, 0.3) is 0 Å². The van der Waals surface area contributed by atoms with Crippen LogP contribution in [0.4, 0.5) is 10.1 Å². The summed E-state index contributed by atoms with van der Waals surface area (Å²) in [6, 6.07) is 11.7. The minimum atomic E-state index is -0.282. The molecule has 0 amide bonds. The summed E-state index contributed by atoms with van der Waals surface area (Å²) in [5.41, 5.74) is 10.3. The molecule has 19 heavy (non-hydrogen) atoms. The molecule has 0 aliphatic carbocycles. The van der Waals surface area contributed by atoms with Crippen molar-refractivity contribution < 1.29 is 4.39 Å². The average molecular weight is 275 g/mol. The fourth-order valence-corrected chi connectivity index (χ4v) is 3.09. The molecule has 0 bridgehead atoms. The molecule has 0 saturated heterocycles. The summed E-state index contributed by atoms with van der Waals surface area (Å²) in [7, 11) is 0. The number of nitrogen functional groups attached to an aromatic ring is 1. The Morgan fingerprint density at radius 3 is 2.42 bits per heavy atom. The highest BCUT2D eigenvalue weighted by molar-refractivity contribution is 7.97. The Hall–Kier alpha value is -1.48. The first kappa shape index (κ1) is 13.9. The number of anilines is 1. The van der Waals surface area contributed by atoms with E-state index >= 15 is 0 Å². The summed E-state index contributed by atoms with van der Waals surface area (Å²) >= 11 is 1.70. The fourth-order valence-electron chi connectivity index (χ4n) is 2.14. The predicted octanol–water partition coefficient (Wildman–Crippen LogP) is 4.46. The van der Waals surface area contributed by atoms with Crippen molar-refractivity contribution in [2.75, 3.05) is 5.73 Å². The summed E-state index contributed by atoms with van der Waals surface area (Å²) in [6.45, 7) is 4.19. The van der Waals surface area contributed by atoms with E-state index in [2.05, 4.69) is 32.0 Å². The number of hydrogen-bond acceptors (Lipinski definition) is 2. The summed E-state index contributed by atoms with van der Waals surface area (Å²) in [5, 5.41) is 0. The lowest BCUT2D eigenvalue weighted by molar-refractivity contribution is 0.622. The Kier molecular flexibility index (Phi) is 4.48. The molecule has 2 aromatic rings. The van der Waals surface area contributed by atoms with E-state index < -0.39 is 0 Å². The van der Waals surface area contributed by atoms with Crippen molar-refractivity contribution in [2.45, 2.75) is 25.4 Å². The van der Waals surface area contributed by atoms with Gasteiger partial charge >= 0.3 is 0 Å². The molecule has 0 atom stereocenters. The quantitative estimate of drug-likeness (QED) is 0.834. The van der Waals surface area contributed by atoms with Crippen molar-refractivity contribution in [3.05, 3.63) is 64.5 Å². The predicted molar refractivity (Wildman–Crippen MR) is 81.7 cm³/mol. The van der Waals surface area contributed by atoms with Crippen LogP contribution < -0.4 is 5.73 Å². The van der Waals surface area contributed by atoms with E-state index in [0.29, 0.717) is 11.3 Å². The lowest BCUT2D eigenvalue weighted by Crippen LogP contribution is -1.95. The smallest absolute Gasteiger partial charge is 0.150 e. The highest BCUT2D eigenvalue weighted by Gasteiger charge is 2.05. The van der Waals surface area contributed by atoms with Gasteiger partial charge in [-0.25, -0.2) is 4.39 Å². The van der Waals surface area contributed by atoms with Crippen LogP contribution in [-0.4, -0.2) is 0 Å². The second-order valence-electron chi connectivity index (χ2n) is 4.81. The Labute approximate surface area is 118 Å². The van der Waals surface area contributed by atoms with Gasteiger partial charge in [0.15, 0.2) is 0 Å². The standard InChI is InChI=1S/C16H18FNS/c1-11-6-12(2)8-13(7-11)9-19-10-14-4-3-5-15(18)16(14)17/h3-8H,9-10,18H2,1-2H3. The minimum absolute atomic E-state index is 0.226. The van der Waals surface area contributed by atoms with Gasteiger partial charge in [-0.05, 0) is 31.0 Å². The molecule has 3 heteroatoms. The van der Waals surface area contributed by atoms with E-state index in [1.807, 2.05) is 0 Å². The Morgan fingerprint density at radius 2 is 1.74 bits per heavy atom. The van der Waals surface area contributed by atoms with Gasteiger partial charge in [-0.15, -0.1) is 0 Å². The maximum Gasteiger partial charge on any atom is 0.150 e. The number of aryl methyl sites for hydroxylation is 2. The first-order chi connectivity index (χ1) is 9.06. The molecular weight excluding hydrogens is 257 g/mol. The lowest BCUT2D eigenvalue weighted by Gasteiger charge is -2.07. The maximum absolute atomic E-state index is 13.7. The van der Waals surface area contributed by atoms with E-state index in [0.717, 1.165) is 5.75 Å². The molecule has 0 fully saturated rings. The number of hydrogen-bond donors (Lipinski definition) is 1. The summed E-state index contributed by atoms with van der Waals surface area (Å²) < 4.78 is 13.7.